The average Bonchev–Trinajstić information content (AvgIpc) is 2.73. The van der Waals surface area contributed by atoms with Crippen LogP contribution in [0.25, 0.3) is 0 Å². The molecule has 5 nitrogen and oxygen atoms in total. The van der Waals surface area contributed by atoms with Crippen LogP contribution in [0, 0.1) is 6.92 Å². The van der Waals surface area contributed by atoms with Crippen LogP contribution in [0.15, 0.2) is 6.20 Å². The number of amides is 2. The van der Waals surface area contributed by atoms with Crippen LogP contribution < -0.4 is 5.32 Å². The third-order valence-electron chi connectivity index (χ3n) is 3.19. The van der Waals surface area contributed by atoms with Crippen LogP contribution in [0.3, 0.4) is 0 Å². The van der Waals surface area contributed by atoms with Gasteiger partial charge in [-0.2, -0.15) is 0 Å². The molecule has 1 aromatic rings. The van der Waals surface area contributed by atoms with Crippen molar-refractivity contribution in [2.75, 3.05) is 0 Å². The maximum atomic E-state index is 12.2. The number of rotatable bonds is 2. The number of nitrogens with zero attached hydrogens (tertiary/aromatic N) is 2. The zero-order valence-electron chi connectivity index (χ0n) is 10.9. The number of piperazine rings is 1. The SMILES string of the molecule is Cc1cnc(C(C)N2C(=O)C(C)NC(=O)C2C)s1. The second-order valence-corrected chi connectivity index (χ2v) is 5.90. The van der Waals surface area contributed by atoms with Crippen molar-refractivity contribution < 1.29 is 9.59 Å². The van der Waals surface area contributed by atoms with Gasteiger partial charge in [0.1, 0.15) is 17.1 Å². The van der Waals surface area contributed by atoms with Gasteiger partial charge in [-0.1, -0.05) is 0 Å². The quantitative estimate of drug-likeness (QED) is 0.877. The van der Waals surface area contributed by atoms with Crippen LogP contribution in [0.4, 0.5) is 0 Å². The molecule has 1 aliphatic heterocycles. The molecule has 1 aliphatic rings. The lowest BCUT2D eigenvalue weighted by Crippen LogP contribution is -2.61. The highest BCUT2D eigenvalue weighted by Gasteiger charge is 2.39. The molecule has 18 heavy (non-hydrogen) atoms. The summed E-state index contributed by atoms with van der Waals surface area (Å²) in [5.41, 5.74) is 0. The molecule has 1 saturated heterocycles. The van der Waals surface area contributed by atoms with Crippen LogP contribution in [0.2, 0.25) is 0 Å². The largest absolute Gasteiger partial charge is 0.343 e. The fourth-order valence-electron chi connectivity index (χ4n) is 2.15. The van der Waals surface area contributed by atoms with E-state index in [0.29, 0.717) is 0 Å². The number of carbonyl (C=O) groups is 2. The highest BCUT2D eigenvalue weighted by atomic mass is 32.1. The van der Waals surface area contributed by atoms with Gasteiger partial charge in [-0.05, 0) is 27.7 Å². The molecule has 2 rings (SSSR count). The Kier molecular flexibility index (Phi) is 3.38. The van der Waals surface area contributed by atoms with E-state index in [2.05, 4.69) is 10.3 Å². The number of aromatic nitrogens is 1. The number of aryl methyl sites for hydroxylation is 1. The second kappa shape index (κ2) is 4.68. The lowest BCUT2D eigenvalue weighted by molar-refractivity contribution is -0.150. The number of thiazole rings is 1. The predicted molar refractivity (Wildman–Crippen MR) is 69.2 cm³/mol. The van der Waals surface area contributed by atoms with Gasteiger partial charge in [0.25, 0.3) is 0 Å². The Bertz CT molecular complexity index is 485. The second-order valence-electron chi connectivity index (χ2n) is 4.64. The highest BCUT2D eigenvalue weighted by molar-refractivity contribution is 7.11. The average molecular weight is 267 g/mol. The van der Waals surface area contributed by atoms with E-state index in [-0.39, 0.29) is 17.9 Å². The van der Waals surface area contributed by atoms with Crippen molar-refractivity contribution in [1.29, 1.82) is 0 Å². The summed E-state index contributed by atoms with van der Waals surface area (Å²) >= 11 is 1.56. The maximum absolute atomic E-state index is 12.2. The molecule has 2 heterocycles. The minimum absolute atomic E-state index is 0.0533. The molecule has 98 valence electrons. The Labute approximate surface area is 110 Å². The van der Waals surface area contributed by atoms with Gasteiger partial charge < -0.3 is 10.2 Å². The fourth-order valence-corrected chi connectivity index (χ4v) is 2.97. The Hall–Kier alpha value is -1.43. The zero-order chi connectivity index (χ0) is 13.4. The van der Waals surface area contributed by atoms with Crippen molar-refractivity contribution in [3.05, 3.63) is 16.1 Å². The van der Waals surface area contributed by atoms with E-state index in [0.717, 1.165) is 9.88 Å². The number of carbonyl (C=O) groups excluding carboxylic acids is 2. The Balaban J connectivity index is 2.29. The molecule has 0 aromatic carbocycles. The van der Waals surface area contributed by atoms with Crippen LogP contribution in [-0.4, -0.2) is 33.8 Å². The molecule has 0 spiro atoms. The molecule has 6 heteroatoms. The summed E-state index contributed by atoms with van der Waals surface area (Å²) in [4.78, 5) is 31.0. The normalized spacial score (nSPS) is 26.1. The lowest BCUT2D eigenvalue weighted by atomic mass is 10.1. The van der Waals surface area contributed by atoms with Gasteiger partial charge >= 0.3 is 0 Å². The maximum Gasteiger partial charge on any atom is 0.246 e. The van der Waals surface area contributed by atoms with Gasteiger partial charge in [-0.25, -0.2) is 4.98 Å². The van der Waals surface area contributed by atoms with E-state index in [9.17, 15) is 9.59 Å². The molecule has 3 unspecified atom stereocenters. The molecular weight excluding hydrogens is 250 g/mol. The standard InChI is InChI=1S/C12H17N3O2S/c1-6-5-13-11(18-6)9(4)15-8(3)10(16)14-7(2)12(15)17/h5,7-9H,1-4H3,(H,14,16). The van der Waals surface area contributed by atoms with Gasteiger partial charge in [0.15, 0.2) is 0 Å². The molecule has 0 bridgehead atoms. The number of hydrogen-bond acceptors (Lipinski definition) is 4. The van der Waals surface area contributed by atoms with E-state index in [1.54, 1.807) is 36.3 Å². The summed E-state index contributed by atoms with van der Waals surface area (Å²) in [6, 6.07) is -1.08. The van der Waals surface area contributed by atoms with E-state index in [1.165, 1.54) is 0 Å². The van der Waals surface area contributed by atoms with Gasteiger partial charge in [0, 0.05) is 11.1 Å². The minimum atomic E-state index is -0.461. The third kappa shape index (κ3) is 2.12. The first kappa shape index (κ1) is 13.0. The van der Waals surface area contributed by atoms with Gasteiger partial charge in [-0.3, -0.25) is 9.59 Å². The summed E-state index contributed by atoms with van der Waals surface area (Å²) in [5, 5.41) is 3.54. The van der Waals surface area contributed by atoms with Crippen LogP contribution in [0.5, 0.6) is 0 Å². The first-order valence-electron chi connectivity index (χ1n) is 5.96. The minimum Gasteiger partial charge on any atom is -0.343 e. The van der Waals surface area contributed by atoms with Crippen LogP contribution in [-0.2, 0) is 9.59 Å². The van der Waals surface area contributed by atoms with E-state index in [1.807, 2.05) is 13.8 Å². The molecule has 3 atom stereocenters. The predicted octanol–water partition coefficient (Wildman–Crippen LogP) is 1.25. The molecule has 0 aliphatic carbocycles. The van der Waals surface area contributed by atoms with Gasteiger partial charge in [0.05, 0.1) is 6.04 Å². The first-order chi connectivity index (χ1) is 8.41. The first-order valence-corrected chi connectivity index (χ1v) is 6.78. The van der Waals surface area contributed by atoms with Crippen molar-refractivity contribution in [1.82, 2.24) is 15.2 Å². The van der Waals surface area contributed by atoms with Crippen molar-refractivity contribution in [3.8, 4) is 0 Å². The summed E-state index contributed by atoms with van der Waals surface area (Å²) in [5.74, 6) is -0.162. The van der Waals surface area contributed by atoms with E-state index in [4.69, 9.17) is 0 Å². The van der Waals surface area contributed by atoms with Gasteiger partial charge in [0.2, 0.25) is 11.8 Å². The van der Waals surface area contributed by atoms with Gasteiger partial charge in [-0.15, -0.1) is 11.3 Å². The van der Waals surface area contributed by atoms with Crippen LogP contribution in [0.1, 0.15) is 36.7 Å². The molecule has 1 N–H and O–H groups in total. The number of hydrogen-bond donors (Lipinski definition) is 1. The van der Waals surface area contributed by atoms with E-state index >= 15 is 0 Å². The highest BCUT2D eigenvalue weighted by Crippen LogP contribution is 2.28. The summed E-state index contributed by atoms with van der Waals surface area (Å²) in [6.07, 6.45) is 1.79. The molecular formula is C12H17N3O2S. The molecule has 1 aromatic heterocycles. The summed E-state index contributed by atoms with van der Waals surface area (Å²) in [6.45, 7) is 7.34. The Morgan fingerprint density at radius 1 is 1.44 bits per heavy atom. The lowest BCUT2D eigenvalue weighted by Gasteiger charge is -2.39. The smallest absolute Gasteiger partial charge is 0.246 e. The summed E-state index contributed by atoms with van der Waals surface area (Å²) < 4.78 is 0. The van der Waals surface area contributed by atoms with Crippen LogP contribution >= 0.6 is 11.3 Å². The number of nitrogens with one attached hydrogen (secondary N) is 1. The third-order valence-corrected chi connectivity index (χ3v) is 4.28. The summed E-state index contributed by atoms with van der Waals surface area (Å²) in [7, 11) is 0. The Morgan fingerprint density at radius 3 is 2.67 bits per heavy atom. The molecule has 1 fully saturated rings. The molecule has 2 amide bonds. The van der Waals surface area contributed by atoms with Crippen molar-refractivity contribution >= 4 is 23.2 Å². The van der Waals surface area contributed by atoms with E-state index < -0.39 is 12.1 Å². The topological polar surface area (TPSA) is 62.3 Å². The zero-order valence-corrected chi connectivity index (χ0v) is 11.7. The molecule has 0 radical (unpaired) electrons. The van der Waals surface area contributed by atoms with Crippen molar-refractivity contribution in [2.24, 2.45) is 0 Å². The van der Waals surface area contributed by atoms with Crippen molar-refractivity contribution in [2.45, 2.75) is 45.8 Å². The Morgan fingerprint density at radius 2 is 2.11 bits per heavy atom. The molecule has 0 saturated carbocycles. The monoisotopic (exact) mass is 267 g/mol. The van der Waals surface area contributed by atoms with Crippen molar-refractivity contribution in [3.63, 3.8) is 0 Å². The fraction of sp³-hybridized carbons (Fsp3) is 0.583.